The van der Waals surface area contributed by atoms with Crippen LogP contribution < -0.4 is 11.1 Å². The number of aryl methyl sites for hydroxylation is 1. The topological polar surface area (TPSA) is 54.2 Å². The summed E-state index contributed by atoms with van der Waals surface area (Å²) in [6, 6.07) is 4.02. The molecule has 0 radical (unpaired) electrons. The Hall–Kier alpha value is -1.13. The summed E-state index contributed by atoms with van der Waals surface area (Å²) in [6.07, 6.45) is 4.08. The normalized spacial score (nSPS) is 17.5. The number of nitrogens with one attached hydrogen (secondary N) is 1. The third-order valence-electron chi connectivity index (χ3n) is 2.99. The number of piperazine rings is 1. The first-order chi connectivity index (χ1) is 7.84. The molecule has 16 heavy (non-hydrogen) atoms. The van der Waals surface area contributed by atoms with Crippen molar-refractivity contribution in [2.24, 2.45) is 0 Å². The Bertz CT molecular complexity index is 321. The van der Waals surface area contributed by atoms with Crippen LogP contribution in [0.4, 0.5) is 5.82 Å². The summed E-state index contributed by atoms with van der Waals surface area (Å²) in [5.74, 6) is 0.625. The van der Waals surface area contributed by atoms with Crippen molar-refractivity contribution in [1.82, 2.24) is 15.2 Å². The monoisotopic (exact) mass is 220 g/mol. The van der Waals surface area contributed by atoms with Crippen molar-refractivity contribution in [3.63, 3.8) is 0 Å². The van der Waals surface area contributed by atoms with E-state index >= 15 is 0 Å². The van der Waals surface area contributed by atoms with Crippen LogP contribution in [0.2, 0.25) is 0 Å². The van der Waals surface area contributed by atoms with Crippen molar-refractivity contribution in [3.8, 4) is 0 Å². The van der Waals surface area contributed by atoms with Crippen molar-refractivity contribution >= 4 is 5.82 Å². The van der Waals surface area contributed by atoms with Crippen molar-refractivity contribution in [2.45, 2.75) is 12.8 Å². The standard InChI is InChI=1S/C12H20N4/c13-12-10-11(3-4-15-12)2-1-7-16-8-5-14-6-9-16/h3-4,10,14H,1-2,5-9H2,(H2,13,15). The van der Waals surface area contributed by atoms with Gasteiger partial charge in [0, 0.05) is 32.4 Å². The molecule has 0 aromatic carbocycles. The summed E-state index contributed by atoms with van der Waals surface area (Å²) < 4.78 is 0. The molecule has 4 heteroatoms. The van der Waals surface area contributed by atoms with Gasteiger partial charge in [-0.1, -0.05) is 0 Å². The van der Waals surface area contributed by atoms with Gasteiger partial charge < -0.3 is 16.0 Å². The van der Waals surface area contributed by atoms with Gasteiger partial charge in [-0.05, 0) is 37.1 Å². The number of pyridine rings is 1. The molecule has 0 amide bonds. The van der Waals surface area contributed by atoms with E-state index in [-0.39, 0.29) is 0 Å². The number of anilines is 1. The van der Waals surface area contributed by atoms with Crippen LogP contribution in [0.5, 0.6) is 0 Å². The molecule has 88 valence electrons. The zero-order valence-electron chi connectivity index (χ0n) is 9.65. The number of nitrogen functional groups attached to an aromatic ring is 1. The maximum Gasteiger partial charge on any atom is 0.123 e. The van der Waals surface area contributed by atoms with Gasteiger partial charge >= 0.3 is 0 Å². The molecule has 1 saturated heterocycles. The molecule has 2 rings (SSSR count). The first-order valence-corrected chi connectivity index (χ1v) is 5.98. The van der Waals surface area contributed by atoms with Gasteiger partial charge in [0.2, 0.25) is 0 Å². The molecule has 4 nitrogen and oxygen atoms in total. The van der Waals surface area contributed by atoms with Gasteiger partial charge in [-0.25, -0.2) is 4.98 Å². The van der Waals surface area contributed by atoms with Gasteiger partial charge in [0.05, 0.1) is 0 Å². The van der Waals surface area contributed by atoms with Crippen molar-refractivity contribution in [2.75, 3.05) is 38.5 Å². The molecule has 3 N–H and O–H groups in total. The van der Waals surface area contributed by atoms with Crippen LogP contribution >= 0.6 is 0 Å². The fourth-order valence-electron chi connectivity index (χ4n) is 2.09. The maximum absolute atomic E-state index is 5.64. The molecule has 0 saturated carbocycles. The van der Waals surface area contributed by atoms with E-state index in [9.17, 15) is 0 Å². The third-order valence-corrected chi connectivity index (χ3v) is 2.99. The zero-order chi connectivity index (χ0) is 11.2. The summed E-state index contributed by atoms with van der Waals surface area (Å²) in [7, 11) is 0. The third kappa shape index (κ3) is 3.47. The van der Waals surface area contributed by atoms with Crippen LogP contribution in [-0.2, 0) is 6.42 Å². The molecule has 0 spiro atoms. The van der Waals surface area contributed by atoms with Gasteiger partial charge in [-0.2, -0.15) is 0 Å². The smallest absolute Gasteiger partial charge is 0.123 e. The van der Waals surface area contributed by atoms with E-state index < -0.39 is 0 Å². The predicted octanol–water partition coefficient (Wildman–Crippen LogP) is 0.502. The van der Waals surface area contributed by atoms with Crippen molar-refractivity contribution < 1.29 is 0 Å². The number of hydrogen-bond donors (Lipinski definition) is 2. The van der Waals surface area contributed by atoms with Crippen LogP contribution in [-0.4, -0.2) is 42.6 Å². The Balaban J connectivity index is 1.71. The van der Waals surface area contributed by atoms with Gasteiger partial charge in [0.25, 0.3) is 0 Å². The SMILES string of the molecule is Nc1cc(CCCN2CCNCC2)ccn1. The second kappa shape index (κ2) is 5.82. The van der Waals surface area contributed by atoms with Crippen molar-refractivity contribution in [1.29, 1.82) is 0 Å². The Morgan fingerprint density at radius 1 is 1.38 bits per heavy atom. The molecule has 1 aliphatic rings. The lowest BCUT2D eigenvalue weighted by atomic mass is 10.1. The molecule has 1 fully saturated rings. The first kappa shape index (κ1) is 11.4. The Morgan fingerprint density at radius 2 is 2.19 bits per heavy atom. The van der Waals surface area contributed by atoms with Crippen LogP contribution in [0.15, 0.2) is 18.3 Å². The van der Waals surface area contributed by atoms with Gasteiger partial charge in [-0.3, -0.25) is 0 Å². The highest BCUT2D eigenvalue weighted by Gasteiger charge is 2.08. The van der Waals surface area contributed by atoms with Gasteiger partial charge in [0.15, 0.2) is 0 Å². The average molecular weight is 220 g/mol. The Kier molecular flexibility index (Phi) is 4.13. The summed E-state index contributed by atoms with van der Waals surface area (Å²) in [5, 5.41) is 3.36. The lowest BCUT2D eigenvalue weighted by Gasteiger charge is -2.27. The highest BCUT2D eigenvalue weighted by molar-refractivity contribution is 5.31. The summed E-state index contributed by atoms with van der Waals surface area (Å²) in [6.45, 7) is 5.80. The molecule has 0 unspecified atom stereocenters. The molecular formula is C12H20N4. The van der Waals surface area contributed by atoms with Gasteiger partial charge in [0.1, 0.15) is 5.82 Å². The van der Waals surface area contributed by atoms with E-state index in [0.717, 1.165) is 19.5 Å². The van der Waals surface area contributed by atoms with E-state index in [1.165, 1.54) is 31.6 Å². The summed E-state index contributed by atoms with van der Waals surface area (Å²) >= 11 is 0. The minimum absolute atomic E-state index is 0.625. The van der Waals surface area contributed by atoms with Crippen LogP contribution in [0.3, 0.4) is 0 Å². The number of rotatable bonds is 4. The van der Waals surface area contributed by atoms with Crippen LogP contribution in [0.1, 0.15) is 12.0 Å². The Labute approximate surface area is 96.8 Å². The summed E-state index contributed by atoms with van der Waals surface area (Å²) in [5.41, 5.74) is 6.94. The molecule has 0 aliphatic carbocycles. The average Bonchev–Trinajstić information content (AvgIpc) is 2.30. The predicted molar refractivity (Wildman–Crippen MR) is 66.3 cm³/mol. The molecule has 1 aromatic heterocycles. The molecular weight excluding hydrogens is 200 g/mol. The van der Waals surface area contributed by atoms with E-state index in [1.54, 1.807) is 6.20 Å². The minimum atomic E-state index is 0.625. The summed E-state index contributed by atoms with van der Waals surface area (Å²) in [4.78, 5) is 6.51. The first-order valence-electron chi connectivity index (χ1n) is 5.98. The van der Waals surface area contributed by atoms with E-state index in [2.05, 4.69) is 15.2 Å². The maximum atomic E-state index is 5.64. The van der Waals surface area contributed by atoms with E-state index in [1.807, 2.05) is 12.1 Å². The number of nitrogens with zero attached hydrogens (tertiary/aromatic N) is 2. The second-order valence-corrected chi connectivity index (χ2v) is 4.28. The minimum Gasteiger partial charge on any atom is -0.384 e. The molecule has 1 aliphatic heterocycles. The molecule has 2 heterocycles. The number of aromatic nitrogens is 1. The zero-order valence-corrected chi connectivity index (χ0v) is 9.65. The molecule has 1 aromatic rings. The number of hydrogen-bond acceptors (Lipinski definition) is 4. The Morgan fingerprint density at radius 3 is 2.94 bits per heavy atom. The van der Waals surface area contributed by atoms with Crippen LogP contribution in [0.25, 0.3) is 0 Å². The fourth-order valence-corrected chi connectivity index (χ4v) is 2.09. The highest BCUT2D eigenvalue weighted by atomic mass is 15.2. The molecule has 0 atom stereocenters. The van der Waals surface area contributed by atoms with Crippen molar-refractivity contribution in [3.05, 3.63) is 23.9 Å². The second-order valence-electron chi connectivity index (χ2n) is 4.28. The molecule has 0 bridgehead atoms. The largest absolute Gasteiger partial charge is 0.384 e. The van der Waals surface area contributed by atoms with E-state index in [0.29, 0.717) is 5.82 Å². The lowest BCUT2D eigenvalue weighted by Crippen LogP contribution is -2.43. The lowest BCUT2D eigenvalue weighted by molar-refractivity contribution is 0.238. The van der Waals surface area contributed by atoms with E-state index in [4.69, 9.17) is 5.73 Å². The number of nitrogens with two attached hydrogens (primary N) is 1. The quantitative estimate of drug-likeness (QED) is 0.776. The highest BCUT2D eigenvalue weighted by Crippen LogP contribution is 2.06. The van der Waals surface area contributed by atoms with Gasteiger partial charge in [-0.15, -0.1) is 0 Å². The fraction of sp³-hybridized carbons (Fsp3) is 0.583. The van der Waals surface area contributed by atoms with Crippen LogP contribution in [0, 0.1) is 0 Å².